The maximum atomic E-state index is 11.7. The van der Waals surface area contributed by atoms with Crippen molar-refractivity contribution in [2.75, 3.05) is 12.4 Å². The Morgan fingerprint density at radius 3 is 2.78 bits per heavy atom. The van der Waals surface area contributed by atoms with Crippen LogP contribution in [-0.4, -0.2) is 13.0 Å². The molecule has 2 aromatic carbocycles. The normalized spacial score (nSPS) is 14.8. The van der Waals surface area contributed by atoms with Crippen LogP contribution >= 0.6 is 0 Å². The quantitative estimate of drug-likeness (QED) is 0.911. The van der Waals surface area contributed by atoms with Crippen LogP contribution in [0, 0.1) is 0 Å². The highest BCUT2D eigenvalue weighted by molar-refractivity contribution is 5.95. The molecule has 0 spiro atoms. The standard InChI is InChI=1S/C19H22N2O2/c1-3-12-10-14(11-13-8-9-17(22)21-19(12)13)18(20)15-6-4-5-7-16(15)23-2/h4-7,10-11,18H,3,8-9,20H2,1-2H3,(H,21,22). The fourth-order valence-electron chi connectivity index (χ4n) is 3.16. The zero-order valence-corrected chi connectivity index (χ0v) is 13.6. The molecule has 0 bridgehead atoms. The summed E-state index contributed by atoms with van der Waals surface area (Å²) in [5.41, 5.74) is 11.8. The molecule has 3 N–H and O–H groups in total. The number of carbonyl (C=O) groups excluding carboxylic acids is 1. The van der Waals surface area contributed by atoms with Gasteiger partial charge in [-0.3, -0.25) is 4.79 Å². The maximum absolute atomic E-state index is 11.7. The van der Waals surface area contributed by atoms with E-state index in [1.165, 1.54) is 5.56 Å². The lowest BCUT2D eigenvalue weighted by Gasteiger charge is -2.24. The zero-order valence-electron chi connectivity index (χ0n) is 13.6. The first-order valence-electron chi connectivity index (χ1n) is 7.98. The van der Waals surface area contributed by atoms with Crippen molar-refractivity contribution in [3.63, 3.8) is 0 Å². The summed E-state index contributed by atoms with van der Waals surface area (Å²) in [6.45, 7) is 2.09. The molecule has 1 unspecified atom stereocenters. The molecule has 1 heterocycles. The van der Waals surface area contributed by atoms with Crippen molar-refractivity contribution >= 4 is 11.6 Å². The third-order valence-electron chi connectivity index (χ3n) is 4.42. The summed E-state index contributed by atoms with van der Waals surface area (Å²) < 4.78 is 5.43. The Kier molecular flexibility index (Phi) is 4.35. The van der Waals surface area contributed by atoms with Gasteiger partial charge >= 0.3 is 0 Å². The SMILES string of the molecule is CCc1cc(C(N)c2ccccc2OC)cc2c1NC(=O)CC2. The number of hydrogen-bond donors (Lipinski definition) is 2. The summed E-state index contributed by atoms with van der Waals surface area (Å²) in [4.78, 5) is 11.7. The van der Waals surface area contributed by atoms with Crippen LogP contribution in [0.15, 0.2) is 36.4 Å². The highest BCUT2D eigenvalue weighted by Gasteiger charge is 2.21. The molecule has 23 heavy (non-hydrogen) atoms. The predicted octanol–water partition coefficient (Wildman–Crippen LogP) is 3.19. The molecule has 4 nitrogen and oxygen atoms in total. The number of rotatable bonds is 4. The van der Waals surface area contributed by atoms with Gasteiger partial charge in [0.25, 0.3) is 0 Å². The molecular weight excluding hydrogens is 288 g/mol. The number of benzene rings is 2. The molecule has 0 aliphatic carbocycles. The number of fused-ring (bicyclic) bond motifs is 1. The van der Waals surface area contributed by atoms with Crippen LogP contribution in [0.5, 0.6) is 5.75 Å². The van der Waals surface area contributed by atoms with Gasteiger partial charge in [-0.25, -0.2) is 0 Å². The molecule has 1 aliphatic heterocycles. The molecule has 3 rings (SSSR count). The van der Waals surface area contributed by atoms with Crippen LogP contribution in [0.1, 0.15) is 41.6 Å². The summed E-state index contributed by atoms with van der Waals surface area (Å²) >= 11 is 0. The van der Waals surface area contributed by atoms with E-state index in [0.717, 1.165) is 41.0 Å². The number of amides is 1. The van der Waals surface area contributed by atoms with Gasteiger partial charge in [0.15, 0.2) is 0 Å². The lowest BCUT2D eigenvalue weighted by Crippen LogP contribution is -2.22. The average molecular weight is 310 g/mol. The fraction of sp³-hybridized carbons (Fsp3) is 0.316. The molecule has 0 aromatic heterocycles. The second kappa shape index (κ2) is 6.42. The van der Waals surface area contributed by atoms with E-state index in [4.69, 9.17) is 10.5 Å². The highest BCUT2D eigenvalue weighted by Crippen LogP contribution is 2.34. The van der Waals surface area contributed by atoms with E-state index in [-0.39, 0.29) is 11.9 Å². The van der Waals surface area contributed by atoms with Gasteiger partial charge in [0.1, 0.15) is 5.75 Å². The second-order valence-corrected chi connectivity index (χ2v) is 5.84. The minimum Gasteiger partial charge on any atom is -0.496 e. The molecule has 0 radical (unpaired) electrons. The van der Waals surface area contributed by atoms with Gasteiger partial charge in [0.05, 0.1) is 13.2 Å². The van der Waals surface area contributed by atoms with Gasteiger partial charge in [-0.05, 0) is 35.6 Å². The van der Waals surface area contributed by atoms with E-state index in [1.807, 2.05) is 24.3 Å². The number of hydrogen-bond acceptors (Lipinski definition) is 3. The highest BCUT2D eigenvalue weighted by atomic mass is 16.5. The van der Waals surface area contributed by atoms with Gasteiger partial charge in [-0.2, -0.15) is 0 Å². The van der Waals surface area contributed by atoms with E-state index < -0.39 is 0 Å². The fourth-order valence-corrected chi connectivity index (χ4v) is 3.16. The van der Waals surface area contributed by atoms with E-state index in [0.29, 0.717) is 6.42 Å². The number of anilines is 1. The smallest absolute Gasteiger partial charge is 0.224 e. The van der Waals surface area contributed by atoms with Crippen molar-refractivity contribution in [2.45, 2.75) is 32.2 Å². The average Bonchev–Trinajstić information content (AvgIpc) is 2.60. The molecule has 1 atom stereocenters. The third kappa shape index (κ3) is 2.94. The molecule has 0 saturated heterocycles. The number of para-hydroxylation sites is 1. The zero-order chi connectivity index (χ0) is 16.4. The predicted molar refractivity (Wildman–Crippen MR) is 91.8 cm³/mol. The summed E-state index contributed by atoms with van der Waals surface area (Å²) in [5.74, 6) is 0.887. The summed E-state index contributed by atoms with van der Waals surface area (Å²) in [5, 5.41) is 3.00. The molecule has 0 saturated carbocycles. The van der Waals surface area contributed by atoms with Crippen LogP contribution in [-0.2, 0) is 17.6 Å². The van der Waals surface area contributed by atoms with Gasteiger partial charge in [-0.1, -0.05) is 37.3 Å². The lowest BCUT2D eigenvalue weighted by atomic mass is 9.90. The van der Waals surface area contributed by atoms with Gasteiger partial charge < -0.3 is 15.8 Å². The van der Waals surface area contributed by atoms with Crippen LogP contribution < -0.4 is 15.8 Å². The van der Waals surface area contributed by atoms with Gasteiger partial charge in [-0.15, -0.1) is 0 Å². The number of nitrogens with two attached hydrogens (primary N) is 1. The Balaban J connectivity index is 2.05. The molecule has 0 fully saturated rings. The molecular formula is C19H22N2O2. The first-order chi connectivity index (χ1) is 11.1. The summed E-state index contributed by atoms with van der Waals surface area (Å²) in [6, 6.07) is 11.8. The van der Waals surface area contributed by atoms with Gasteiger partial charge in [0.2, 0.25) is 5.91 Å². The van der Waals surface area contributed by atoms with Crippen LogP contribution in [0.25, 0.3) is 0 Å². The third-order valence-corrected chi connectivity index (χ3v) is 4.42. The number of nitrogens with one attached hydrogen (secondary N) is 1. The van der Waals surface area contributed by atoms with E-state index in [9.17, 15) is 4.79 Å². The van der Waals surface area contributed by atoms with Crippen molar-refractivity contribution in [3.8, 4) is 5.75 Å². The van der Waals surface area contributed by atoms with Crippen molar-refractivity contribution in [1.29, 1.82) is 0 Å². The first-order valence-corrected chi connectivity index (χ1v) is 7.98. The Morgan fingerprint density at radius 1 is 1.26 bits per heavy atom. The summed E-state index contributed by atoms with van der Waals surface area (Å²) in [6.07, 6.45) is 2.15. The Bertz CT molecular complexity index is 723. The van der Waals surface area contributed by atoms with Crippen LogP contribution in [0.4, 0.5) is 5.69 Å². The monoisotopic (exact) mass is 310 g/mol. The lowest BCUT2D eigenvalue weighted by molar-refractivity contribution is -0.116. The van der Waals surface area contributed by atoms with E-state index in [2.05, 4.69) is 24.4 Å². The number of carbonyl (C=O) groups is 1. The van der Waals surface area contributed by atoms with Crippen LogP contribution in [0.3, 0.4) is 0 Å². The number of ether oxygens (including phenoxy) is 1. The molecule has 1 amide bonds. The number of aryl methyl sites for hydroxylation is 2. The molecule has 2 aromatic rings. The van der Waals surface area contributed by atoms with Gasteiger partial charge in [0, 0.05) is 17.7 Å². The Labute approximate surface area is 136 Å². The van der Waals surface area contributed by atoms with E-state index in [1.54, 1.807) is 7.11 Å². The molecule has 120 valence electrons. The van der Waals surface area contributed by atoms with Crippen molar-refractivity contribution in [1.82, 2.24) is 0 Å². The maximum Gasteiger partial charge on any atom is 0.224 e. The number of methoxy groups -OCH3 is 1. The van der Waals surface area contributed by atoms with Crippen molar-refractivity contribution < 1.29 is 9.53 Å². The minimum atomic E-state index is -0.251. The largest absolute Gasteiger partial charge is 0.496 e. The van der Waals surface area contributed by atoms with E-state index >= 15 is 0 Å². The second-order valence-electron chi connectivity index (χ2n) is 5.84. The topological polar surface area (TPSA) is 64.3 Å². The Morgan fingerprint density at radius 2 is 2.04 bits per heavy atom. The molecule has 1 aliphatic rings. The first kappa shape index (κ1) is 15.6. The Hall–Kier alpha value is -2.33. The van der Waals surface area contributed by atoms with Crippen molar-refractivity contribution in [2.24, 2.45) is 5.73 Å². The van der Waals surface area contributed by atoms with Crippen molar-refractivity contribution in [3.05, 3.63) is 58.7 Å². The molecule has 4 heteroatoms. The minimum absolute atomic E-state index is 0.0916. The summed E-state index contributed by atoms with van der Waals surface area (Å²) in [7, 11) is 1.66. The van der Waals surface area contributed by atoms with Crippen LogP contribution in [0.2, 0.25) is 0 Å².